The highest BCUT2D eigenvalue weighted by Gasteiger charge is 2.44. The van der Waals surface area contributed by atoms with Gasteiger partial charge >= 0.3 is 6.09 Å². The van der Waals surface area contributed by atoms with Gasteiger partial charge in [-0.15, -0.1) is 0 Å². The molecule has 1 saturated heterocycles. The molecule has 41 heavy (non-hydrogen) atoms. The Hall–Kier alpha value is -4.18. The van der Waals surface area contributed by atoms with Crippen LogP contribution in [-0.2, 0) is 16.1 Å². The second-order valence-corrected chi connectivity index (χ2v) is 12.2. The maximum Gasteiger partial charge on any atom is 0.415 e. The second kappa shape index (κ2) is 9.73. The third-order valence-corrected chi connectivity index (χ3v) is 8.07. The van der Waals surface area contributed by atoms with E-state index in [0.717, 1.165) is 36.2 Å². The van der Waals surface area contributed by atoms with Crippen LogP contribution in [0, 0.1) is 5.92 Å². The summed E-state index contributed by atoms with van der Waals surface area (Å²) in [4.78, 5) is 40.6. The quantitative estimate of drug-likeness (QED) is 0.277. The fourth-order valence-electron chi connectivity index (χ4n) is 5.54. The summed E-state index contributed by atoms with van der Waals surface area (Å²) in [6.07, 6.45) is 8.23. The number of pyridine rings is 1. The van der Waals surface area contributed by atoms with Crippen LogP contribution < -0.4 is 15.5 Å². The van der Waals surface area contributed by atoms with Crippen LogP contribution in [0.3, 0.4) is 0 Å². The molecule has 3 fully saturated rings. The van der Waals surface area contributed by atoms with Gasteiger partial charge in [-0.25, -0.2) is 19.7 Å². The Morgan fingerprint density at radius 3 is 2.71 bits per heavy atom. The Morgan fingerprint density at radius 1 is 1.12 bits per heavy atom. The number of nitrogens with one attached hydrogen (secondary N) is 2. The number of benzene rings is 1. The highest BCUT2D eigenvalue weighted by atomic mass is 35.5. The highest BCUT2D eigenvalue weighted by Crippen LogP contribution is 2.48. The minimum atomic E-state index is -0.559. The first-order chi connectivity index (χ1) is 19.7. The Labute approximate surface area is 242 Å². The molecule has 10 nitrogen and oxygen atoms in total. The van der Waals surface area contributed by atoms with Crippen LogP contribution in [0.2, 0.25) is 5.02 Å². The van der Waals surface area contributed by atoms with Gasteiger partial charge in [-0.1, -0.05) is 23.7 Å². The van der Waals surface area contributed by atoms with E-state index in [1.165, 1.54) is 11.9 Å². The number of rotatable bonds is 8. The van der Waals surface area contributed by atoms with E-state index in [-0.39, 0.29) is 23.8 Å². The van der Waals surface area contributed by atoms with Gasteiger partial charge in [0.15, 0.2) is 5.65 Å². The summed E-state index contributed by atoms with van der Waals surface area (Å²) in [6.45, 7) is 4.69. The number of nitrogens with zero attached hydrogens (tertiary/aromatic N) is 5. The first kappa shape index (κ1) is 25.8. The van der Waals surface area contributed by atoms with Gasteiger partial charge < -0.3 is 19.8 Å². The number of carbonyl (C=O) groups excluding carboxylic acids is 2. The van der Waals surface area contributed by atoms with E-state index < -0.39 is 5.60 Å². The molecule has 2 saturated carbocycles. The number of ether oxygens (including phenoxy) is 1. The number of cyclic esters (lactones) is 1. The van der Waals surface area contributed by atoms with E-state index in [1.54, 1.807) is 11.0 Å². The summed E-state index contributed by atoms with van der Waals surface area (Å²) in [6, 6.07) is 11.4. The van der Waals surface area contributed by atoms with E-state index >= 15 is 0 Å². The third kappa shape index (κ3) is 5.31. The smallest absolute Gasteiger partial charge is 0.415 e. The lowest BCUT2D eigenvalue weighted by atomic mass is 10.1. The van der Waals surface area contributed by atoms with Gasteiger partial charge in [-0.05, 0) is 74.3 Å². The van der Waals surface area contributed by atoms with Crippen LogP contribution in [-0.4, -0.2) is 43.5 Å². The molecule has 2 amide bonds. The first-order valence-electron chi connectivity index (χ1n) is 13.9. The minimum Gasteiger partial charge on any atom is -0.441 e. The molecule has 210 valence electrons. The molecule has 0 bridgehead atoms. The van der Waals surface area contributed by atoms with Gasteiger partial charge in [0.25, 0.3) is 0 Å². The predicted octanol–water partition coefficient (Wildman–Crippen LogP) is 5.74. The number of fused-ring (bicyclic) bond motifs is 1. The zero-order valence-corrected chi connectivity index (χ0v) is 23.6. The van der Waals surface area contributed by atoms with Crippen molar-refractivity contribution in [1.29, 1.82) is 0 Å². The molecule has 1 aromatic carbocycles. The summed E-state index contributed by atoms with van der Waals surface area (Å²) in [5.41, 5.74) is 3.97. The van der Waals surface area contributed by atoms with Crippen LogP contribution in [0.5, 0.6) is 0 Å². The lowest BCUT2D eigenvalue weighted by molar-refractivity contribution is -0.117. The van der Waals surface area contributed by atoms with Crippen molar-refractivity contribution in [1.82, 2.24) is 19.4 Å². The van der Waals surface area contributed by atoms with Crippen LogP contribution in [0.1, 0.15) is 61.8 Å². The molecular formula is C30H30ClN7O3. The largest absolute Gasteiger partial charge is 0.441 e. The van der Waals surface area contributed by atoms with Crippen molar-refractivity contribution in [2.45, 2.75) is 57.1 Å². The van der Waals surface area contributed by atoms with Gasteiger partial charge in [-0.3, -0.25) is 9.69 Å². The SMILES string of the molecule is CC1(C)CN(c2cc(C3CC3)cn3cc(CNc4cc(NC(=O)[C@H]5C[C@@H]5c5cccc(Cl)c5)ncn4)nc23)C(=O)O1. The molecule has 7 rings (SSSR count). The maximum atomic E-state index is 12.8. The van der Waals surface area contributed by atoms with Gasteiger partial charge in [0.2, 0.25) is 5.91 Å². The van der Waals surface area contributed by atoms with E-state index in [4.69, 9.17) is 21.3 Å². The fourth-order valence-corrected chi connectivity index (χ4v) is 5.74. The standard InChI is InChI=1S/C30H30ClN7O3/c1-30(2)15-38(29(40)41-30)24-9-19(17-6-7-17)13-37-14-21(35-27(24)37)12-32-25-11-26(34-16-33-25)36-28(39)23-10-22(23)18-4-3-5-20(31)8-18/h3-5,8-9,11,13-14,16-17,22-23H,6-7,10,12,15H2,1-2H3,(H2,32,33,34,36,39)/t22-,23+/m1/s1. The van der Waals surface area contributed by atoms with E-state index in [9.17, 15) is 9.59 Å². The fraction of sp³-hybridized carbons (Fsp3) is 0.367. The predicted molar refractivity (Wildman–Crippen MR) is 155 cm³/mol. The number of hydrogen-bond donors (Lipinski definition) is 2. The molecule has 0 spiro atoms. The molecule has 2 atom stereocenters. The summed E-state index contributed by atoms with van der Waals surface area (Å²) in [5.74, 6) is 1.51. The van der Waals surface area contributed by atoms with E-state index in [1.807, 2.05) is 48.7 Å². The molecule has 1 aliphatic heterocycles. The number of anilines is 3. The van der Waals surface area contributed by atoms with Crippen LogP contribution in [0.15, 0.2) is 55.1 Å². The van der Waals surface area contributed by atoms with Crippen molar-refractivity contribution >= 4 is 46.6 Å². The van der Waals surface area contributed by atoms with Gasteiger partial charge in [0, 0.05) is 29.4 Å². The van der Waals surface area contributed by atoms with Crippen molar-refractivity contribution in [3.63, 3.8) is 0 Å². The molecule has 3 aromatic heterocycles. The molecule has 0 radical (unpaired) electrons. The van der Waals surface area contributed by atoms with Gasteiger partial charge in [0.1, 0.15) is 23.6 Å². The number of carbonyl (C=O) groups is 2. The number of amides is 2. The molecule has 4 heterocycles. The number of aromatic nitrogens is 4. The number of imidazole rings is 1. The molecule has 4 aromatic rings. The van der Waals surface area contributed by atoms with Gasteiger partial charge in [-0.2, -0.15) is 0 Å². The zero-order valence-electron chi connectivity index (χ0n) is 22.8. The Morgan fingerprint density at radius 2 is 1.95 bits per heavy atom. The molecule has 11 heteroatoms. The van der Waals surface area contributed by atoms with Gasteiger partial charge in [0.05, 0.1) is 24.5 Å². The monoisotopic (exact) mass is 571 g/mol. The van der Waals surface area contributed by atoms with Crippen LogP contribution in [0.25, 0.3) is 5.65 Å². The highest BCUT2D eigenvalue weighted by molar-refractivity contribution is 6.30. The maximum absolute atomic E-state index is 12.8. The normalized spacial score (nSPS) is 21.1. The van der Waals surface area contributed by atoms with Crippen molar-refractivity contribution in [2.24, 2.45) is 5.92 Å². The topological polar surface area (TPSA) is 114 Å². The lowest BCUT2D eigenvalue weighted by Gasteiger charge is -2.17. The zero-order chi connectivity index (χ0) is 28.3. The van der Waals surface area contributed by atoms with E-state index in [0.29, 0.717) is 41.3 Å². The molecule has 2 N–H and O–H groups in total. The third-order valence-electron chi connectivity index (χ3n) is 7.84. The average molecular weight is 572 g/mol. The Bertz CT molecular complexity index is 1680. The van der Waals surface area contributed by atoms with E-state index in [2.05, 4.69) is 32.9 Å². The summed E-state index contributed by atoms with van der Waals surface area (Å²) < 4.78 is 7.57. The minimum absolute atomic E-state index is 0.0670. The first-order valence-corrected chi connectivity index (χ1v) is 14.2. The summed E-state index contributed by atoms with van der Waals surface area (Å²) >= 11 is 6.11. The Balaban J connectivity index is 1.05. The van der Waals surface area contributed by atoms with Crippen molar-refractivity contribution in [3.8, 4) is 0 Å². The van der Waals surface area contributed by atoms with Crippen molar-refractivity contribution < 1.29 is 14.3 Å². The molecule has 0 unspecified atom stereocenters. The summed E-state index contributed by atoms with van der Waals surface area (Å²) in [7, 11) is 0. The summed E-state index contributed by atoms with van der Waals surface area (Å²) in [5, 5.41) is 6.88. The van der Waals surface area contributed by atoms with Crippen molar-refractivity contribution in [3.05, 3.63) is 77.0 Å². The van der Waals surface area contributed by atoms with Crippen LogP contribution >= 0.6 is 11.6 Å². The molecular weight excluding hydrogens is 542 g/mol. The average Bonchev–Trinajstić information content (AvgIpc) is 3.85. The number of halogens is 1. The van der Waals surface area contributed by atoms with Crippen LogP contribution in [0.4, 0.5) is 22.1 Å². The lowest BCUT2D eigenvalue weighted by Crippen LogP contribution is -2.28. The number of hydrogen-bond acceptors (Lipinski definition) is 7. The second-order valence-electron chi connectivity index (χ2n) is 11.7. The molecule has 2 aliphatic carbocycles. The Kier molecular flexibility index (Phi) is 6.11. The van der Waals surface area contributed by atoms with Crippen molar-refractivity contribution in [2.75, 3.05) is 22.1 Å². The molecule has 3 aliphatic rings.